The SMILES string of the molecule is CC(C)OCCCNCc1ccc2ccccc2c1. The first-order chi connectivity index (χ1) is 9.25. The Hall–Kier alpha value is -1.38. The fourth-order valence-electron chi connectivity index (χ4n) is 2.10. The van der Waals surface area contributed by atoms with E-state index in [0.29, 0.717) is 6.10 Å². The van der Waals surface area contributed by atoms with Gasteiger partial charge in [0.15, 0.2) is 0 Å². The quantitative estimate of drug-likeness (QED) is 0.763. The molecule has 0 aliphatic heterocycles. The molecule has 0 aromatic heterocycles. The van der Waals surface area contributed by atoms with Gasteiger partial charge in [0.1, 0.15) is 0 Å². The summed E-state index contributed by atoms with van der Waals surface area (Å²) < 4.78 is 5.51. The summed E-state index contributed by atoms with van der Waals surface area (Å²) in [6.07, 6.45) is 1.40. The monoisotopic (exact) mass is 257 g/mol. The van der Waals surface area contributed by atoms with Gasteiger partial charge in [-0.25, -0.2) is 0 Å². The van der Waals surface area contributed by atoms with E-state index in [-0.39, 0.29) is 0 Å². The van der Waals surface area contributed by atoms with Crippen molar-refractivity contribution in [2.75, 3.05) is 13.2 Å². The number of hydrogen-bond donors (Lipinski definition) is 1. The average molecular weight is 257 g/mol. The zero-order chi connectivity index (χ0) is 13.5. The maximum absolute atomic E-state index is 5.51. The van der Waals surface area contributed by atoms with Gasteiger partial charge in [-0.05, 0) is 49.2 Å². The highest BCUT2D eigenvalue weighted by Gasteiger charge is 1.97. The Balaban J connectivity index is 1.75. The number of nitrogens with one attached hydrogen (secondary N) is 1. The second-order valence-corrected chi connectivity index (χ2v) is 5.13. The highest BCUT2D eigenvalue weighted by molar-refractivity contribution is 5.82. The summed E-state index contributed by atoms with van der Waals surface area (Å²) in [6.45, 7) is 6.90. The largest absolute Gasteiger partial charge is 0.379 e. The summed E-state index contributed by atoms with van der Waals surface area (Å²) in [5.41, 5.74) is 1.34. The lowest BCUT2D eigenvalue weighted by Gasteiger charge is -2.08. The summed E-state index contributed by atoms with van der Waals surface area (Å²) in [4.78, 5) is 0. The molecule has 1 N–H and O–H groups in total. The lowest BCUT2D eigenvalue weighted by molar-refractivity contribution is 0.0770. The van der Waals surface area contributed by atoms with Crippen molar-refractivity contribution >= 4 is 10.8 Å². The summed E-state index contributed by atoms with van der Waals surface area (Å²) in [5.74, 6) is 0. The fourth-order valence-corrected chi connectivity index (χ4v) is 2.10. The normalized spacial score (nSPS) is 11.3. The van der Waals surface area contributed by atoms with Gasteiger partial charge in [0.2, 0.25) is 0 Å². The molecule has 0 spiro atoms. The Morgan fingerprint density at radius 3 is 2.63 bits per heavy atom. The van der Waals surface area contributed by atoms with Crippen molar-refractivity contribution in [1.29, 1.82) is 0 Å². The van der Waals surface area contributed by atoms with E-state index in [9.17, 15) is 0 Å². The van der Waals surface area contributed by atoms with Gasteiger partial charge in [-0.3, -0.25) is 0 Å². The van der Waals surface area contributed by atoms with Crippen LogP contribution in [0.1, 0.15) is 25.8 Å². The van der Waals surface area contributed by atoms with E-state index in [1.807, 2.05) is 0 Å². The molecule has 0 aliphatic rings. The number of fused-ring (bicyclic) bond motifs is 1. The molecule has 0 bridgehead atoms. The molecule has 2 aromatic rings. The third-order valence-corrected chi connectivity index (χ3v) is 3.09. The van der Waals surface area contributed by atoms with E-state index in [0.717, 1.165) is 26.1 Å². The highest BCUT2D eigenvalue weighted by atomic mass is 16.5. The van der Waals surface area contributed by atoms with Crippen LogP contribution in [0, 0.1) is 0 Å². The molecule has 0 aliphatic carbocycles. The summed E-state index contributed by atoms with van der Waals surface area (Å²) in [6, 6.07) is 15.1. The summed E-state index contributed by atoms with van der Waals surface area (Å²) in [5, 5.41) is 6.07. The molecule has 102 valence electrons. The van der Waals surface area contributed by atoms with Crippen molar-refractivity contribution in [2.45, 2.75) is 32.9 Å². The molecule has 0 amide bonds. The van der Waals surface area contributed by atoms with E-state index in [1.54, 1.807) is 0 Å². The third-order valence-electron chi connectivity index (χ3n) is 3.09. The number of hydrogen-bond acceptors (Lipinski definition) is 2. The molecule has 19 heavy (non-hydrogen) atoms. The molecule has 0 saturated carbocycles. The topological polar surface area (TPSA) is 21.3 Å². The van der Waals surface area contributed by atoms with Crippen LogP contribution >= 0.6 is 0 Å². The molecule has 2 rings (SSSR count). The molecule has 0 heterocycles. The molecule has 0 atom stereocenters. The van der Waals surface area contributed by atoms with E-state index >= 15 is 0 Å². The summed E-state index contributed by atoms with van der Waals surface area (Å²) in [7, 11) is 0. The van der Waals surface area contributed by atoms with Crippen LogP contribution in [-0.2, 0) is 11.3 Å². The van der Waals surface area contributed by atoms with Crippen LogP contribution in [0.25, 0.3) is 10.8 Å². The number of ether oxygens (including phenoxy) is 1. The Bertz CT molecular complexity index is 507. The van der Waals surface area contributed by atoms with E-state index in [1.165, 1.54) is 16.3 Å². The molecule has 2 aromatic carbocycles. The third kappa shape index (κ3) is 4.66. The lowest BCUT2D eigenvalue weighted by Crippen LogP contribution is -2.17. The zero-order valence-corrected chi connectivity index (χ0v) is 11.9. The van der Waals surface area contributed by atoms with Gasteiger partial charge in [-0.2, -0.15) is 0 Å². The first-order valence-corrected chi connectivity index (χ1v) is 7.06. The van der Waals surface area contributed by atoms with E-state index in [4.69, 9.17) is 4.74 Å². The van der Waals surface area contributed by atoms with Gasteiger partial charge < -0.3 is 10.1 Å². The minimum absolute atomic E-state index is 0.334. The second-order valence-electron chi connectivity index (χ2n) is 5.13. The number of benzene rings is 2. The zero-order valence-electron chi connectivity index (χ0n) is 11.9. The van der Waals surface area contributed by atoms with Crippen LogP contribution in [0.5, 0.6) is 0 Å². The fraction of sp³-hybridized carbons (Fsp3) is 0.412. The molecular weight excluding hydrogens is 234 g/mol. The van der Waals surface area contributed by atoms with Crippen molar-refractivity contribution < 1.29 is 4.74 Å². The molecule has 2 nitrogen and oxygen atoms in total. The van der Waals surface area contributed by atoms with E-state index in [2.05, 4.69) is 61.6 Å². The molecule has 2 heteroatoms. The highest BCUT2D eigenvalue weighted by Crippen LogP contribution is 2.15. The van der Waals surface area contributed by atoms with Crippen molar-refractivity contribution in [3.8, 4) is 0 Å². The minimum Gasteiger partial charge on any atom is -0.379 e. The van der Waals surface area contributed by atoms with Crippen molar-refractivity contribution in [3.05, 3.63) is 48.0 Å². The van der Waals surface area contributed by atoms with Crippen LogP contribution in [0.15, 0.2) is 42.5 Å². The molecule has 0 radical (unpaired) electrons. The van der Waals surface area contributed by atoms with Crippen LogP contribution in [0.2, 0.25) is 0 Å². The molecule has 0 saturated heterocycles. The minimum atomic E-state index is 0.334. The Morgan fingerprint density at radius 2 is 1.84 bits per heavy atom. The van der Waals surface area contributed by atoms with Gasteiger partial charge >= 0.3 is 0 Å². The first-order valence-electron chi connectivity index (χ1n) is 7.06. The molecular formula is C17H23NO. The van der Waals surface area contributed by atoms with Crippen molar-refractivity contribution in [1.82, 2.24) is 5.32 Å². The predicted octanol–water partition coefficient (Wildman–Crippen LogP) is 3.74. The van der Waals surface area contributed by atoms with E-state index < -0.39 is 0 Å². The van der Waals surface area contributed by atoms with Crippen LogP contribution < -0.4 is 5.32 Å². The van der Waals surface area contributed by atoms with Gasteiger partial charge in [0.05, 0.1) is 6.10 Å². The lowest BCUT2D eigenvalue weighted by atomic mass is 10.1. The van der Waals surface area contributed by atoms with Gasteiger partial charge in [-0.15, -0.1) is 0 Å². The van der Waals surface area contributed by atoms with Crippen LogP contribution in [0.4, 0.5) is 0 Å². The van der Waals surface area contributed by atoms with Gasteiger partial charge in [0, 0.05) is 13.2 Å². The maximum atomic E-state index is 5.51. The Labute approximate surface area is 115 Å². The van der Waals surface area contributed by atoms with Crippen molar-refractivity contribution in [2.24, 2.45) is 0 Å². The molecule has 0 unspecified atom stereocenters. The standard InChI is InChI=1S/C17H23NO/c1-14(2)19-11-5-10-18-13-15-8-9-16-6-3-4-7-17(16)12-15/h3-4,6-9,12,14,18H,5,10-11,13H2,1-2H3. The Kier molecular flexibility index (Phi) is 5.37. The predicted molar refractivity (Wildman–Crippen MR) is 81.4 cm³/mol. The molecule has 0 fully saturated rings. The smallest absolute Gasteiger partial charge is 0.0518 e. The van der Waals surface area contributed by atoms with Gasteiger partial charge in [0.25, 0.3) is 0 Å². The maximum Gasteiger partial charge on any atom is 0.0518 e. The first kappa shape index (κ1) is 14.0. The van der Waals surface area contributed by atoms with Crippen molar-refractivity contribution in [3.63, 3.8) is 0 Å². The van der Waals surface area contributed by atoms with Crippen LogP contribution in [-0.4, -0.2) is 19.3 Å². The summed E-state index contributed by atoms with van der Waals surface area (Å²) >= 11 is 0. The average Bonchev–Trinajstić information content (AvgIpc) is 2.42. The van der Waals surface area contributed by atoms with Crippen LogP contribution in [0.3, 0.4) is 0 Å². The van der Waals surface area contributed by atoms with Gasteiger partial charge in [-0.1, -0.05) is 36.4 Å². The Morgan fingerprint density at radius 1 is 1.05 bits per heavy atom. The second kappa shape index (κ2) is 7.27. The number of rotatable bonds is 7.